The first kappa shape index (κ1) is 11.8. The Morgan fingerprint density at radius 2 is 2.00 bits per heavy atom. The fraction of sp³-hybridized carbons (Fsp3) is 0.643. The zero-order valence-electron chi connectivity index (χ0n) is 11.0. The normalized spacial score (nSPS) is 21.1. The second-order valence-corrected chi connectivity index (χ2v) is 5.42. The van der Waals surface area contributed by atoms with Crippen molar-refractivity contribution in [3.05, 3.63) is 18.3 Å². The Morgan fingerprint density at radius 3 is 2.72 bits per heavy atom. The lowest BCUT2D eigenvalue weighted by atomic mass is 10.1. The highest BCUT2D eigenvalue weighted by atomic mass is 15.2. The number of rotatable bonds is 4. The minimum Gasteiger partial charge on any atom is -0.368 e. The van der Waals surface area contributed by atoms with E-state index < -0.39 is 0 Å². The predicted molar refractivity (Wildman–Crippen MR) is 75.2 cm³/mol. The van der Waals surface area contributed by atoms with Crippen LogP contribution in [-0.2, 0) is 0 Å². The summed E-state index contributed by atoms with van der Waals surface area (Å²) >= 11 is 0. The van der Waals surface area contributed by atoms with E-state index in [4.69, 9.17) is 0 Å². The molecule has 1 saturated heterocycles. The van der Waals surface area contributed by atoms with Gasteiger partial charge in [-0.25, -0.2) is 4.98 Å². The maximum Gasteiger partial charge on any atom is 0.128 e. The number of anilines is 2. The number of nitrogens with zero attached hydrogens (tertiary/aromatic N) is 2. The fourth-order valence-corrected chi connectivity index (χ4v) is 2.85. The minimum absolute atomic E-state index is 0.634. The highest BCUT2D eigenvalue weighted by molar-refractivity contribution is 5.56. The number of hydrogen-bond donors (Lipinski definition) is 2. The monoisotopic (exact) mass is 246 g/mol. The van der Waals surface area contributed by atoms with Crippen molar-refractivity contribution in [2.45, 2.75) is 37.8 Å². The summed E-state index contributed by atoms with van der Waals surface area (Å²) in [5.74, 6) is 1.03. The zero-order valence-corrected chi connectivity index (χ0v) is 11.0. The molecule has 1 aliphatic heterocycles. The van der Waals surface area contributed by atoms with Crippen LogP contribution >= 0.6 is 0 Å². The lowest BCUT2D eigenvalue weighted by Gasteiger charge is -2.40. The molecule has 2 fully saturated rings. The zero-order chi connectivity index (χ0) is 12.4. The summed E-state index contributed by atoms with van der Waals surface area (Å²) < 4.78 is 0. The Labute approximate surface area is 109 Å². The molecule has 2 aliphatic rings. The van der Waals surface area contributed by atoms with Gasteiger partial charge in [-0.2, -0.15) is 0 Å². The summed E-state index contributed by atoms with van der Waals surface area (Å²) in [6, 6.07) is 5.56. The second kappa shape index (κ2) is 5.14. The molecule has 2 heterocycles. The molecular weight excluding hydrogens is 224 g/mol. The van der Waals surface area contributed by atoms with Crippen molar-refractivity contribution in [2.75, 3.05) is 30.4 Å². The van der Waals surface area contributed by atoms with Crippen LogP contribution in [-0.4, -0.2) is 37.2 Å². The van der Waals surface area contributed by atoms with Gasteiger partial charge in [0.25, 0.3) is 0 Å². The van der Waals surface area contributed by atoms with E-state index >= 15 is 0 Å². The van der Waals surface area contributed by atoms with Crippen molar-refractivity contribution < 1.29 is 0 Å². The topological polar surface area (TPSA) is 40.2 Å². The van der Waals surface area contributed by atoms with Crippen LogP contribution in [0.25, 0.3) is 0 Å². The molecule has 0 radical (unpaired) electrons. The summed E-state index contributed by atoms with van der Waals surface area (Å²) in [6.07, 6.45) is 7.20. The Bertz CT molecular complexity index is 395. The lowest BCUT2D eigenvalue weighted by molar-refractivity contribution is 0.450. The van der Waals surface area contributed by atoms with Gasteiger partial charge in [0.1, 0.15) is 5.82 Å². The number of likely N-dealkylation sites (N-methyl/N-ethyl adjacent to an activating group) is 1. The molecule has 2 N–H and O–H groups in total. The average molecular weight is 246 g/mol. The molecule has 0 atom stereocenters. The van der Waals surface area contributed by atoms with Gasteiger partial charge in [-0.3, -0.25) is 0 Å². The average Bonchev–Trinajstić information content (AvgIpc) is 2.81. The number of hydrogen-bond acceptors (Lipinski definition) is 4. The molecule has 3 rings (SSSR count). The first-order chi connectivity index (χ1) is 8.85. The van der Waals surface area contributed by atoms with Crippen LogP contribution < -0.4 is 15.5 Å². The molecule has 0 unspecified atom stereocenters. The number of aromatic nitrogens is 1. The van der Waals surface area contributed by atoms with E-state index in [1.165, 1.54) is 31.4 Å². The van der Waals surface area contributed by atoms with Crippen molar-refractivity contribution in [1.82, 2.24) is 10.3 Å². The molecule has 98 valence electrons. The van der Waals surface area contributed by atoms with Crippen LogP contribution in [0.5, 0.6) is 0 Å². The molecule has 0 amide bonds. The molecule has 1 aromatic heterocycles. The van der Waals surface area contributed by atoms with Crippen LogP contribution in [0.15, 0.2) is 18.3 Å². The third-order valence-corrected chi connectivity index (χ3v) is 4.11. The molecule has 4 heteroatoms. The van der Waals surface area contributed by atoms with E-state index in [9.17, 15) is 0 Å². The predicted octanol–water partition coefficient (Wildman–Crippen LogP) is 1.84. The minimum atomic E-state index is 0.634. The summed E-state index contributed by atoms with van der Waals surface area (Å²) in [5.41, 5.74) is 1.29. The van der Waals surface area contributed by atoms with Gasteiger partial charge in [0, 0.05) is 43.1 Å². The maximum absolute atomic E-state index is 4.43. The summed E-state index contributed by atoms with van der Waals surface area (Å²) in [6.45, 7) is 2.20. The molecule has 1 aromatic rings. The molecule has 1 saturated carbocycles. The van der Waals surface area contributed by atoms with Crippen LogP contribution in [0.1, 0.15) is 25.7 Å². The van der Waals surface area contributed by atoms with Gasteiger partial charge in [0.05, 0.1) is 0 Å². The third kappa shape index (κ3) is 2.43. The first-order valence-electron chi connectivity index (χ1n) is 7.00. The van der Waals surface area contributed by atoms with Crippen LogP contribution in [0, 0.1) is 0 Å². The molecule has 4 nitrogen and oxygen atoms in total. The smallest absolute Gasteiger partial charge is 0.128 e. The number of pyridine rings is 1. The van der Waals surface area contributed by atoms with E-state index in [1.807, 2.05) is 13.2 Å². The third-order valence-electron chi connectivity index (χ3n) is 4.11. The van der Waals surface area contributed by atoms with Gasteiger partial charge >= 0.3 is 0 Å². The number of nitrogens with one attached hydrogen (secondary N) is 2. The lowest BCUT2D eigenvalue weighted by Crippen LogP contribution is -2.57. The summed E-state index contributed by atoms with van der Waals surface area (Å²) in [4.78, 5) is 6.82. The van der Waals surface area contributed by atoms with E-state index in [-0.39, 0.29) is 0 Å². The van der Waals surface area contributed by atoms with Crippen LogP contribution in [0.3, 0.4) is 0 Å². The molecular formula is C14H22N4. The van der Waals surface area contributed by atoms with E-state index in [2.05, 4.69) is 32.7 Å². The standard InChI is InChI=1S/C14H22N4/c1-15-12-9-18(10-12)13-6-7-16-14(8-13)17-11-4-2-3-5-11/h6-8,11-12,15H,2-5,9-10H2,1H3,(H,16,17). The van der Waals surface area contributed by atoms with Crippen LogP contribution in [0.4, 0.5) is 11.5 Å². The van der Waals surface area contributed by atoms with Crippen molar-refractivity contribution in [2.24, 2.45) is 0 Å². The van der Waals surface area contributed by atoms with Gasteiger partial charge < -0.3 is 15.5 Å². The largest absolute Gasteiger partial charge is 0.368 e. The van der Waals surface area contributed by atoms with Gasteiger partial charge in [-0.05, 0) is 26.0 Å². The molecule has 18 heavy (non-hydrogen) atoms. The van der Waals surface area contributed by atoms with E-state index in [0.29, 0.717) is 12.1 Å². The van der Waals surface area contributed by atoms with Crippen molar-refractivity contribution in [3.8, 4) is 0 Å². The van der Waals surface area contributed by atoms with Crippen molar-refractivity contribution >= 4 is 11.5 Å². The Morgan fingerprint density at radius 1 is 1.22 bits per heavy atom. The van der Waals surface area contributed by atoms with Crippen molar-refractivity contribution in [1.29, 1.82) is 0 Å². The first-order valence-corrected chi connectivity index (χ1v) is 7.00. The highest BCUT2D eigenvalue weighted by Gasteiger charge is 2.25. The summed E-state index contributed by atoms with van der Waals surface area (Å²) in [7, 11) is 2.03. The van der Waals surface area contributed by atoms with Crippen molar-refractivity contribution in [3.63, 3.8) is 0 Å². The maximum atomic E-state index is 4.43. The van der Waals surface area contributed by atoms with Gasteiger partial charge in [0.15, 0.2) is 0 Å². The fourth-order valence-electron chi connectivity index (χ4n) is 2.85. The van der Waals surface area contributed by atoms with Gasteiger partial charge in [-0.1, -0.05) is 12.8 Å². The quantitative estimate of drug-likeness (QED) is 0.850. The second-order valence-electron chi connectivity index (χ2n) is 5.42. The highest BCUT2D eigenvalue weighted by Crippen LogP contribution is 2.25. The van der Waals surface area contributed by atoms with Gasteiger partial charge in [0.2, 0.25) is 0 Å². The van der Waals surface area contributed by atoms with Gasteiger partial charge in [-0.15, -0.1) is 0 Å². The molecule has 0 spiro atoms. The van der Waals surface area contributed by atoms with E-state index in [0.717, 1.165) is 18.9 Å². The van der Waals surface area contributed by atoms with Crippen LogP contribution in [0.2, 0.25) is 0 Å². The Kier molecular flexibility index (Phi) is 3.37. The summed E-state index contributed by atoms with van der Waals surface area (Å²) in [5, 5.41) is 6.86. The molecule has 0 bridgehead atoms. The molecule has 1 aliphatic carbocycles. The molecule has 0 aromatic carbocycles. The Hall–Kier alpha value is -1.29. The Balaban J connectivity index is 1.62. The SMILES string of the molecule is CNC1CN(c2ccnc(NC3CCCC3)c2)C1. The van der Waals surface area contributed by atoms with E-state index in [1.54, 1.807) is 0 Å².